The molecule has 1 unspecified atom stereocenters. The van der Waals surface area contributed by atoms with Crippen molar-refractivity contribution >= 4 is 39.2 Å². The van der Waals surface area contributed by atoms with E-state index in [1.54, 1.807) is 16.0 Å². The zero-order valence-electron chi connectivity index (χ0n) is 21.2. The number of fused-ring (bicyclic) bond motifs is 3. The van der Waals surface area contributed by atoms with E-state index in [9.17, 15) is 4.79 Å². The third kappa shape index (κ3) is 5.06. The highest BCUT2D eigenvalue weighted by Crippen LogP contribution is 2.42. The van der Waals surface area contributed by atoms with Crippen LogP contribution in [0.15, 0.2) is 64.8 Å². The highest BCUT2D eigenvalue weighted by molar-refractivity contribution is 7.99. The quantitative estimate of drug-likeness (QED) is 0.293. The standard InChI is InChI=1S/C28H27N7OS2/c1-17-7-6-8-19(15-17)13-14-29-25(36)20-11-12-22-23(16-20)37-26-24(22)27(31-18(2)30-26)38-28-32-33-34-35(28)21-9-4-3-5-10-21/h3-10,15,20H,11-14,16H2,1-2H3,(H,29,36). The molecule has 1 aliphatic rings. The third-order valence-electron chi connectivity index (χ3n) is 6.78. The van der Waals surface area contributed by atoms with Gasteiger partial charge in [-0.25, -0.2) is 9.97 Å². The molecule has 2 aromatic carbocycles. The van der Waals surface area contributed by atoms with E-state index in [0.717, 1.165) is 46.6 Å². The highest BCUT2D eigenvalue weighted by Gasteiger charge is 2.29. The van der Waals surface area contributed by atoms with Crippen molar-refractivity contribution in [3.63, 3.8) is 0 Å². The number of thiophene rings is 1. The first kappa shape index (κ1) is 24.7. The predicted octanol–water partition coefficient (Wildman–Crippen LogP) is 4.90. The van der Waals surface area contributed by atoms with Gasteiger partial charge in [0.15, 0.2) is 0 Å². The van der Waals surface area contributed by atoms with Gasteiger partial charge < -0.3 is 5.32 Å². The number of amides is 1. The fourth-order valence-corrected chi connectivity index (χ4v) is 7.33. The van der Waals surface area contributed by atoms with E-state index >= 15 is 0 Å². The molecule has 1 amide bonds. The molecule has 1 atom stereocenters. The summed E-state index contributed by atoms with van der Waals surface area (Å²) < 4.78 is 1.73. The highest BCUT2D eigenvalue weighted by atomic mass is 32.2. The Hall–Kier alpha value is -3.63. The molecular weight excluding hydrogens is 514 g/mol. The molecule has 38 heavy (non-hydrogen) atoms. The lowest BCUT2D eigenvalue weighted by Crippen LogP contribution is -2.34. The lowest BCUT2D eigenvalue weighted by Gasteiger charge is -2.21. The lowest BCUT2D eigenvalue weighted by molar-refractivity contribution is -0.125. The van der Waals surface area contributed by atoms with Gasteiger partial charge in [-0.15, -0.1) is 16.4 Å². The molecule has 0 aliphatic heterocycles. The number of benzene rings is 2. The molecule has 3 aromatic heterocycles. The summed E-state index contributed by atoms with van der Waals surface area (Å²) in [7, 11) is 0. The maximum absolute atomic E-state index is 13.0. The third-order valence-corrected chi connectivity index (χ3v) is 8.86. The van der Waals surface area contributed by atoms with Gasteiger partial charge in [-0.1, -0.05) is 48.0 Å². The molecule has 0 spiro atoms. The molecule has 0 saturated carbocycles. The van der Waals surface area contributed by atoms with E-state index < -0.39 is 0 Å². The van der Waals surface area contributed by atoms with Crippen LogP contribution in [0.2, 0.25) is 0 Å². The topological polar surface area (TPSA) is 98.5 Å². The molecule has 3 heterocycles. The van der Waals surface area contributed by atoms with Crippen molar-refractivity contribution in [1.82, 2.24) is 35.5 Å². The number of para-hydroxylation sites is 1. The molecule has 5 aromatic rings. The van der Waals surface area contributed by atoms with Gasteiger partial charge in [-0.2, -0.15) is 4.68 Å². The Morgan fingerprint density at radius 3 is 2.84 bits per heavy atom. The van der Waals surface area contributed by atoms with Crippen LogP contribution < -0.4 is 5.32 Å². The van der Waals surface area contributed by atoms with E-state index in [4.69, 9.17) is 9.97 Å². The van der Waals surface area contributed by atoms with Gasteiger partial charge in [0, 0.05) is 22.7 Å². The van der Waals surface area contributed by atoms with Crippen LogP contribution in [-0.4, -0.2) is 42.6 Å². The molecule has 6 rings (SSSR count). The van der Waals surface area contributed by atoms with Crippen molar-refractivity contribution in [3.05, 3.63) is 82.0 Å². The summed E-state index contributed by atoms with van der Waals surface area (Å²) in [5.74, 6) is 0.825. The molecule has 1 N–H and O–H groups in total. The van der Waals surface area contributed by atoms with Crippen LogP contribution in [0.5, 0.6) is 0 Å². The predicted molar refractivity (Wildman–Crippen MR) is 149 cm³/mol. The minimum Gasteiger partial charge on any atom is -0.356 e. The van der Waals surface area contributed by atoms with Gasteiger partial charge in [-0.3, -0.25) is 4.79 Å². The minimum atomic E-state index is -0.0244. The Morgan fingerprint density at radius 1 is 1.13 bits per heavy atom. The number of carbonyl (C=O) groups excluding carboxylic acids is 1. The average Bonchev–Trinajstić information content (AvgIpc) is 3.52. The molecule has 8 nitrogen and oxygen atoms in total. The van der Waals surface area contributed by atoms with Crippen LogP contribution in [-0.2, 0) is 24.1 Å². The van der Waals surface area contributed by atoms with Crippen molar-refractivity contribution in [1.29, 1.82) is 0 Å². The fourth-order valence-electron chi connectivity index (χ4n) is 4.95. The zero-order chi connectivity index (χ0) is 26.1. The molecule has 0 radical (unpaired) electrons. The first-order chi connectivity index (χ1) is 18.5. The zero-order valence-corrected chi connectivity index (χ0v) is 22.9. The summed E-state index contributed by atoms with van der Waals surface area (Å²) >= 11 is 3.14. The molecular formula is C28H27N7OS2. The number of nitrogens with one attached hydrogen (secondary N) is 1. The van der Waals surface area contributed by atoms with E-state index in [2.05, 4.69) is 52.0 Å². The van der Waals surface area contributed by atoms with Crippen molar-refractivity contribution in [2.24, 2.45) is 5.92 Å². The molecule has 192 valence electrons. The smallest absolute Gasteiger partial charge is 0.223 e. The van der Waals surface area contributed by atoms with Gasteiger partial charge in [-0.05, 0) is 85.0 Å². The average molecular weight is 542 g/mol. The summed E-state index contributed by atoms with van der Waals surface area (Å²) in [4.78, 5) is 24.8. The van der Waals surface area contributed by atoms with E-state index in [0.29, 0.717) is 17.5 Å². The maximum Gasteiger partial charge on any atom is 0.223 e. The number of aromatic nitrogens is 6. The number of aryl methyl sites for hydroxylation is 3. The summed E-state index contributed by atoms with van der Waals surface area (Å²) in [5, 5.41) is 18.1. The van der Waals surface area contributed by atoms with Gasteiger partial charge in [0.25, 0.3) is 0 Å². The van der Waals surface area contributed by atoms with Crippen LogP contribution in [0.1, 0.15) is 33.8 Å². The Balaban J connectivity index is 1.21. The Bertz CT molecular complexity index is 1610. The second-order valence-electron chi connectivity index (χ2n) is 9.54. The molecule has 0 saturated heterocycles. The number of hydrogen-bond donors (Lipinski definition) is 1. The van der Waals surface area contributed by atoms with Gasteiger partial charge in [0.1, 0.15) is 15.7 Å². The Labute approximate surface area is 228 Å². The number of hydrogen-bond acceptors (Lipinski definition) is 8. The Kier molecular flexibility index (Phi) is 6.90. The van der Waals surface area contributed by atoms with E-state index in [-0.39, 0.29) is 11.8 Å². The second kappa shape index (κ2) is 10.6. The molecule has 0 bridgehead atoms. The largest absolute Gasteiger partial charge is 0.356 e. The summed E-state index contributed by atoms with van der Waals surface area (Å²) in [5.41, 5.74) is 4.64. The Morgan fingerprint density at radius 2 is 2.00 bits per heavy atom. The summed E-state index contributed by atoms with van der Waals surface area (Å²) in [6, 6.07) is 18.3. The van der Waals surface area contributed by atoms with Gasteiger partial charge >= 0.3 is 0 Å². The van der Waals surface area contributed by atoms with E-state index in [1.807, 2.05) is 37.3 Å². The van der Waals surface area contributed by atoms with Crippen LogP contribution in [0, 0.1) is 19.8 Å². The first-order valence-corrected chi connectivity index (χ1v) is 14.3. The van der Waals surface area contributed by atoms with Gasteiger partial charge in [0.2, 0.25) is 11.1 Å². The van der Waals surface area contributed by atoms with Crippen LogP contribution >= 0.6 is 23.1 Å². The number of rotatable bonds is 7. The molecule has 1 aliphatic carbocycles. The monoisotopic (exact) mass is 541 g/mol. The normalized spacial score (nSPS) is 14.9. The number of nitrogens with zero attached hydrogens (tertiary/aromatic N) is 6. The maximum atomic E-state index is 13.0. The van der Waals surface area contributed by atoms with Crippen molar-refractivity contribution < 1.29 is 4.79 Å². The van der Waals surface area contributed by atoms with Crippen molar-refractivity contribution in [2.75, 3.05) is 6.54 Å². The summed E-state index contributed by atoms with van der Waals surface area (Å²) in [6.07, 6.45) is 3.22. The van der Waals surface area contributed by atoms with Crippen LogP contribution in [0.4, 0.5) is 0 Å². The lowest BCUT2D eigenvalue weighted by atomic mass is 9.87. The van der Waals surface area contributed by atoms with Gasteiger partial charge in [0.05, 0.1) is 5.69 Å². The second-order valence-corrected chi connectivity index (χ2v) is 11.6. The van der Waals surface area contributed by atoms with Crippen LogP contribution in [0.25, 0.3) is 15.9 Å². The minimum absolute atomic E-state index is 0.0244. The molecule has 10 heteroatoms. The fraction of sp³-hybridized carbons (Fsp3) is 0.286. The van der Waals surface area contributed by atoms with Crippen LogP contribution in [0.3, 0.4) is 0 Å². The molecule has 0 fully saturated rings. The number of carbonyl (C=O) groups is 1. The first-order valence-electron chi connectivity index (χ1n) is 12.7. The van der Waals surface area contributed by atoms with E-state index in [1.165, 1.54) is 33.3 Å². The van der Waals surface area contributed by atoms with Crippen molar-refractivity contribution in [3.8, 4) is 5.69 Å². The van der Waals surface area contributed by atoms with Crippen molar-refractivity contribution in [2.45, 2.75) is 49.7 Å². The number of tetrazole rings is 1. The SMILES string of the molecule is Cc1cccc(CCNC(=O)C2CCc3c(sc4nc(C)nc(Sc5nnnn5-c5ccccc5)c34)C2)c1. The summed E-state index contributed by atoms with van der Waals surface area (Å²) in [6.45, 7) is 4.65.